The van der Waals surface area contributed by atoms with Crippen LogP contribution in [0, 0.1) is 17.8 Å². The van der Waals surface area contributed by atoms with Gasteiger partial charge in [-0.05, 0) is 56.3 Å². The molecule has 0 unspecified atom stereocenters. The van der Waals surface area contributed by atoms with Crippen molar-refractivity contribution in [1.29, 1.82) is 0 Å². The summed E-state index contributed by atoms with van der Waals surface area (Å²) >= 11 is -0.565. The second-order valence-corrected chi connectivity index (χ2v) is 7.20. The van der Waals surface area contributed by atoms with Crippen molar-refractivity contribution in [3.8, 4) is 0 Å². The number of hydrogen-bond donors (Lipinski definition) is 1. The van der Waals surface area contributed by atoms with Crippen LogP contribution in [0.4, 0.5) is 8.78 Å². The van der Waals surface area contributed by atoms with Crippen molar-refractivity contribution in [3.05, 3.63) is 0 Å². The number of rotatable bonds is 5. The van der Waals surface area contributed by atoms with Crippen LogP contribution >= 0.6 is 12.0 Å². The Morgan fingerprint density at radius 1 is 1.20 bits per heavy atom. The van der Waals surface area contributed by atoms with Crippen LogP contribution in [0.3, 0.4) is 0 Å². The van der Waals surface area contributed by atoms with Crippen LogP contribution < -0.4 is 10.6 Å². The Morgan fingerprint density at radius 3 is 2.15 bits per heavy atom. The Hall–Kier alpha value is -0.440. The van der Waals surface area contributed by atoms with Crippen molar-refractivity contribution in [2.24, 2.45) is 17.8 Å². The molecule has 0 heterocycles. The van der Waals surface area contributed by atoms with Gasteiger partial charge in [0.05, 0.1) is 0 Å². The fourth-order valence-electron chi connectivity index (χ4n) is 4.67. The van der Waals surface area contributed by atoms with E-state index >= 15 is 0 Å². The van der Waals surface area contributed by atoms with Crippen LogP contribution in [0.5, 0.6) is 0 Å². The van der Waals surface area contributed by atoms with Crippen LogP contribution in [-0.2, 0) is 14.2 Å². The monoisotopic (exact) mass is 308 g/mol. The summed E-state index contributed by atoms with van der Waals surface area (Å²) in [5.41, 5.74) is -0.492. The molecular formula is C12H16F2NO4S-. The Morgan fingerprint density at radius 2 is 1.70 bits per heavy atom. The van der Waals surface area contributed by atoms with Gasteiger partial charge in [-0.15, -0.1) is 0 Å². The number of carbonyl (C=O) groups is 1. The van der Waals surface area contributed by atoms with E-state index in [1.54, 1.807) is 0 Å². The molecule has 0 saturated heterocycles. The Balaban J connectivity index is 1.66. The topological polar surface area (TPSA) is 70.6 Å². The van der Waals surface area contributed by atoms with Gasteiger partial charge >= 0.3 is 11.2 Å². The van der Waals surface area contributed by atoms with E-state index in [1.807, 2.05) is 0 Å². The summed E-state index contributed by atoms with van der Waals surface area (Å²) in [5, 5.41) is 11.2. The van der Waals surface area contributed by atoms with Crippen molar-refractivity contribution in [2.75, 3.05) is 0 Å². The Labute approximate surface area is 119 Å². The first-order valence-electron chi connectivity index (χ1n) is 6.77. The summed E-state index contributed by atoms with van der Waals surface area (Å²) < 4.78 is 30.6. The number of alkyl halides is 2. The number of carbonyl (C=O) groups excluding carboxylic acids is 1. The predicted molar refractivity (Wildman–Crippen MR) is 63.8 cm³/mol. The lowest BCUT2D eigenvalue weighted by Crippen LogP contribution is -2.61. The molecule has 0 aromatic rings. The van der Waals surface area contributed by atoms with E-state index in [4.69, 9.17) is 0 Å². The van der Waals surface area contributed by atoms with E-state index in [0.717, 1.165) is 38.5 Å². The third-order valence-corrected chi connectivity index (χ3v) is 5.37. The molecule has 0 aromatic heterocycles. The quantitative estimate of drug-likeness (QED) is 0.474. The van der Waals surface area contributed by atoms with E-state index in [0.29, 0.717) is 17.8 Å². The van der Waals surface area contributed by atoms with Crippen molar-refractivity contribution < 1.29 is 28.2 Å². The molecule has 5 nitrogen and oxygen atoms in total. The van der Waals surface area contributed by atoms with Crippen LogP contribution in [0.15, 0.2) is 0 Å². The summed E-state index contributed by atoms with van der Waals surface area (Å²) in [7, 11) is 0. The molecule has 4 saturated carbocycles. The van der Waals surface area contributed by atoms with Gasteiger partial charge in [-0.25, -0.2) is 0 Å². The second kappa shape index (κ2) is 5.08. The average molecular weight is 308 g/mol. The van der Waals surface area contributed by atoms with Crippen LogP contribution in [0.2, 0.25) is 0 Å². The number of amides is 1. The maximum absolute atomic E-state index is 13.5. The first-order valence-corrected chi connectivity index (χ1v) is 7.51. The number of hydrogen-bond acceptors (Lipinski definition) is 5. The molecule has 0 aromatic carbocycles. The van der Waals surface area contributed by atoms with E-state index < -0.39 is 28.7 Å². The molecular weight excluding hydrogens is 292 g/mol. The molecule has 4 aliphatic carbocycles. The summed E-state index contributed by atoms with van der Waals surface area (Å²) in [4.78, 5) is 11.7. The maximum Gasteiger partial charge on any atom is 0.397 e. The minimum atomic E-state index is -3.83. The molecule has 114 valence electrons. The fraction of sp³-hybridized carbons (Fsp3) is 0.917. The maximum atomic E-state index is 13.5. The van der Waals surface area contributed by atoms with Crippen molar-refractivity contribution in [3.63, 3.8) is 0 Å². The minimum absolute atomic E-state index is 0.492. The van der Waals surface area contributed by atoms with E-state index in [9.17, 15) is 18.8 Å². The van der Waals surface area contributed by atoms with Crippen LogP contribution in [-0.4, -0.2) is 16.7 Å². The fourth-order valence-corrected chi connectivity index (χ4v) is 4.91. The van der Waals surface area contributed by atoms with Gasteiger partial charge in [0.2, 0.25) is 0 Å². The van der Waals surface area contributed by atoms with Gasteiger partial charge in [-0.2, -0.15) is 13.1 Å². The predicted octanol–water partition coefficient (Wildman–Crippen LogP) is 1.54. The molecule has 0 aliphatic heterocycles. The highest BCUT2D eigenvalue weighted by Crippen LogP contribution is 2.55. The summed E-state index contributed by atoms with van der Waals surface area (Å²) in [6, 6.07) is 0. The van der Waals surface area contributed by atoms with Gasteiger partial charge in [0, 0.05) is 5.54 Å². The SMILES string of the molecule is O=C(NC12CC3CC(CC(C3)C1)C2)C(F)(F)SOO[O-]. The molecule has 4 bridgehead atoms. The highest BCUT2D eigenvalue weighted by atomic mass is 32.2. The smallest absolute Gasteiger partial charge is 0.397 e. The molecule has 4 fully saturated rings. The van der Waals surface area contributed by atoms with Gasteiger partial charge in [0.25, 0.3) is 0 Å². The van der Waals surface area contributed by atoms with Gasteiger partial charge in [-0.1, -0.05) is 0 Å². The Kier molecular flexibility index (Phi) is 3.68. The summed E-state index contributed by atoms with van der Waals surface area (Å²) in [5.74, 6) is 0.235. The van der Waals surface area contributed by atoms with Crippen LogP contribution in [0.25, 0.3) is 0 Å². The molecule has 20 heavy (non-hydrogen) atoms. The molecule has 0 spiro atoms. The zero-order valence-electron chi connectivity index (χ0n) is 10.8. The molecule has 1 N–H and O–H groups in total. The Bertz CT molecular complexity index is 372. The first-order chi connectivity index (χ1) is 9.42. The zero-order chi connectivity index (χ0) is 14.4. The summed E-state index contributed by atoms with van der Waals surface area (Å²) in [6.45, 7) is 0. The van der Waals surface area contributed by atoms with Gasteiger partial charge in [-0.3, -0.25) is 9.83 Å². The molecule has 0 radical (unpaired) electrons. The van der Waals surface area contributed by atoms with Crippen LogP contribution in [0.1, 0.15) is 38.5 Å². The first kappa shape index (κ1) is 14.5. The lowest BCUT2D eigenvalue weighted by molar-refractivity contribution is -0.777. The van der Waals surface area contributed by atoms with Gasteiger partial charge in [0.15, 0.2) is 0 Å². The molecule has 8 heteroatoms. The highest BCUT2D eigenvalue weighted by molar-refractivity contribution is 7.96. The number of nitrogens with one attached hydrogen (secondary N) is 1. The largest absolute Gasteiger partial charge is 0.691 e. The third kappa shape index (κ3) is 2.66. The zero-order valence-corrected chi connectivity index (χ0v) is 11.6. The lowest BCUT2D eigenvalue weighted by atomic mass is 9.53. The van der Waals surface area contributed by atoms with Crippen molar-refractivity contribution >= 4 is 17.9 Å². The van der Waals surface area contributed by atoms with E-state index in [-0.39, 0.29) is 0 Å². The molecule has 4 rings (SSSR count). The molecule has 1 amide bonds. The van der Waals surface area contributed by atoms with Gasteiger partial charge in [0.1, 0.15) is 12.0 Å². The molecule has 4 aliphatic rings. The average Bonchev–Trinajstić information content (AvgIpc) is 2.34. The third-order valence-electron chi connectivity index (χ3n) is 4.85. The summed E-state index contributed by atoms with van der Waals surface area (Å²) in [6.07, 6.45) is 5.83. The second-order valence-electron chi connectivity index (χ2n) is 6.39. The van der Waals surface area contributed by atoms with E-state index in [2.05, 4.69) is 14.7 Å². The molecule has 0 atom stereocenters. The number of halogens is 2. The minimum Gasteiger partial charge on any atom is -0.691 e. The van der Waals surface area contributed by atoms with E-state index in [1.165, 1.54) is 0 Å². The standard InChI is InChI=1S/C12H17F2NO4S/c13-12(14,20-19-18-17)10(16)15-11-4-7-1-8(5-11)3-9(2-7)6-11/h7-9,17H,1-6H2,(H,15,16)/p-1. The normalized spacial score (nSPS) is 39.0. The highest BCUT2D eigenvalue weighted by Gasteiger charge is 2.54. The lowest BCUT2D eigenvalue weighted by Gasteiger charge is -2.57. The van der Waals surface area contributed by atoms with Gasteiger partial charge < -0.3 is 10.6 Å². The van der Waals surface area contributed by atoms with Crippen molar-refractivity contribution in [2.45, 2.75) is 49.3 Å². The van der Waals surface area contributed by atoms with Crippen molar-refractivity contribution in [1.82, 2.24) is 5.32 Å².